The number of aliphatic carboxylic acids is 2. The highest BCUT2D eigenvalue weighted by Crippen LogP contribution is 2.18. The van der Waals surface area contributed by atoms with E-state index in [1.165, 1.54) is 0 Å². The molecular weight excluding hydrogens is 256 g/mol. The van der Waals surface area contributed by atoms with Crippen LogP contribution in [0.3, 0.4) is 0 Å². The number of aliphatic hydroxyl groups is 3. The zero-order valence-corrected chi connectivity index (χ0v) is 11.2. The number of hydrogen-bond donors (Lipinski definition) is 5. The van der Waals surface area contributed by atoms with E-state index >= 15 is 0 Å². The number of aliphatic hydroxyl groups excluding tert-OH is 3. The van der Waals surface area contributed by atoms with E-state index < -0.39 is 17.4 Å². The van der Waals surface area contributed by atoms with Crippen LogP contribution in [-0.2, 0) is 9.59 Å². The summed E-state index contributed by atoms with van der Waals surface area (Å²) in [6.45, 7) is 1.35. The van der Waals surface area contributed by atoms with E-state index in [1.807, 2.05) is 6.92 Å². The Morgan fingerprint density at radius 1 is 0.842 bits per heavy atom. The van der Waals surface area contributed by atoms with Crippen LogP contribution in [0.5, 0.6) is 0 Å². The van der Waals surface area contributed by atoms with Gasteiger partial charge in [-0.2, -0.15) is 0 Å². The van der Waals surface area contributed by atoms with Crippen molar-refractivity contribution in [1.29, 1.82) is 0 Å². The van der Waals surface area contributed by atoms with E-state index in [-0.39, 0.29) is 32.7 Å². The van der Waals surface area contributed by atoms with Gasteiger partial charge in [0.25, 0.3) is 0 Å². The van der Waals surface area contributed by atoms with Crippen LogP contribution in [-0.4, -0.2) is 57.3 Å². The van der Waals surface area contributed by atoms with Crippen LogP contribution in [0.2, 0.25) is 0 Å². The molecule has 0 aliphatic carbocycles. The first-order chi connectivity index (χ1) is 8.87. The number of carboxylic acids is 2. The molecule has 0 rings (SSSR count). The molecule has 0 aliphatic heterocycles. The first-order valence-corrected chi connectivity index (χ1v) is 6.13. The summed E-state index contributed by atoms with van der Waals surface area (Å²) in [4.78, 5) is 19.8. The SMILES string of the molecule is CCC(CO)(CO)CO.O=C(O)CCCCC(=O)O. The summed E-state index contributed by atoms with van der Waals surface area (Å²) in [7, 11) is 0. The minimum atomic E-state index is -0.870. The molecule has 19 heavy (non-hydrogen) atoms. The summed E-state index contributed by atoms with van der Waals surface area (Å²) in [5, 5.41) is 42.2. The Hall–Kier alpha value is -1.18. The molecule has 0 atom stereocenters. The number of rotatable bonds is 9. The van der Waals surface area contributed by atoms with Crippen molar-refractivity contribution in [1.82, 2.24) is 0 Å². The van der Waals surface area contributed by atoms with Crippen molar-refractivity contribution < 1.29 is 35.1 Å². The summed E-state index contributed by atoms with van der Waals surface area (Å²) in [5.74, 6) is -1.74. The molecule has 0 aromatic carbocycles. The standard InChI is InChI=1S/C6H10O4.C6H14O3/c7-5(8)3-1-2-4-6(9)10;1-2-6(3-7,4-8)5-9/h1-4H2,(H,7,8)(H,9,10);7-9H,2-5H2,1H3. The molecule has 7 heteroatoms. The van der Waals surface area contributed by atoms with Gasteiger partial charge in [0, 0.05) is 18.3 Å². The average Bonchev–Trinajstić information content (AvgIpc) is 2.38. The van der Waals surface area contributed by atoms with E-state index in [9.17, 15) is 9.59 Å². The molecule has 0 fully saturated rings. The molecule has 0 heterocycles. The first-order valence-electron chi connectivity index (χ1n) is 6.13. The smallest absolute Gasteiger partial charge is 0.303 e. The normalized spacial score (nSPS) is 10.5. The van der Waals surface area contributed by atoms with Crippen LogP contribution < -0.4 is 0 Å². The molecule has 0 unspecified atom stereocenters. The van der Waals surface area contributed by atoms with E-state index in [4.69, 9.17) is 25.5 Å². The minimum Gasteiger partial charge on any atom is -0.481 e. The van der Waals surface area contributed by atoms with Crippen LogP contribution in [0.1, 0.15) is 39.0 Å². The highest BCUT2D eigenvalue weighted by molar-refractivity contribution is 5.67. The molecular formula is C12H24O7. The van der Waals surface area contributed by atoms with Crippen molar-refractivity contribution in [2.75, 3.05) is 19.8 Å². The summed E-state index contributed by atoms with van der Waals surface area (Å²) < 4.78 is 0. The number of unbranched alkanes of at least 4 members (excludes halogenated alkanes) is 1. The Morgan fingerprint density at radius 2 is 1.16 bits per heavy atom. The van der Waals surface area contributed by atoms with Crippen molar-refractivity contribution in [3.05, 3.63) is 0 Å². The van der Waals surface area contributed by atoms with Gasteiger partial charge >= 0.3 is 11.9 Å². The van der Waals surface area contributed by atoms with E-state index in [1.54, 1.807) is 0 Å². The van der Waals surface area contributed by atoms with Gasteiger partial charge in [-0.3, -0.25) is 9.59 Å². The van der Waals surface area contributed by atoms with E-state index in [0.29, 0.717) is 19.3 Å². The van der Waals surface area contributed by atoms with Crippen LogP contribution in [0.15, 0.2) is 0 Å². The Morgan fingerprint density at radius 3 is 1.26 bits per heavy atom. The fourth-order valence-electron chi connectivity index (χ4n) is 1.04. The lowest BCUT2D eigenvalue weighted by Crippen LogP contribution is -2.32. The maximum Gasteiger partial charge on any atom is 0.303 e. The van der Waals surface area contributed by atoms with E-state index in [0.717, 1.165) is 0 Å². The maximum absolute atomic E-state index is 9.90. The van der Waals surface area contributed by atoms with Crippen LogP contribution >= 0.6 is 0 Å². The molecule has 0 radical (unpaired) electrons. The van der Waals surface area contributed by atoms with Crippen LogP contribution in [0.4, 0.5) is 0 Å². The summed E-state index contributed by atoms with van der Waals surface area (Å²) >= 11 is 0. The number of hydrogen-bond acceptors (Lipinski definition) is 5. The second kappa shape index (κ2) is 11.9. The average molecular weight is 280 g/mol. The summed E-state index contributed by atoms with van der Waals surface area (Å²) in [5.41, 5.74) is -0.667. The minimum absolute atomic E-state index is 0.0628. The molecule has 0 saturated carbocycles. The summed E-state index contributed by atoms with van der Waals surface area (Å²) in [6, 6.07) is 0. The highest BCUT2D eigenvalue weighted by Gasteiger charge is 2.24. The fraction of sp³-hybridized carbons (Fsp3) is 0.833. The lowest BCUT2D eigenvalue weighted by atomic mass is 9.88. The first kappa shape index (κ1) is 20.1. The zero-order chi connectivity index (χ0) is 15.3. The maximum atomic E-state index is 9.90. The van der Waals surface area contributed by atoms with Crippen molar-refractivity contribution in [2.45, 2.75) is 39.0 Å². The van der Waals surface area contributed by atoms with Gasteiger partial charge in [-0.05, 0) is 19.3 Å². The van der Waals surface area contributed by atoms with Crippen molar-refractivity contribution >= 4 is 11.9 Å². The molecule has 7 nitrogen and oxygen atoms in total. The molecule has 0 aliphatic rings. The van der Waals surface area contributed by atoms with Gasteiger partial charge in [-0.25, -0.2) is 0 Å². The largest absolute Gasteiger partial charge is 0.481 e. The second-order valence-corrected chi connectivity index (χ2v) is 4.32. The van der Waals surface area contributed by atoms with Gasteiger partial charge < -0.3 is 25.5 Å². The van der Waals surface area contributed by atoms with Gasteiger partial charge in [0.1, 0.15) is 0 Å². The molecule has 0 aromatic rings. The van der Waals surface area contributed by atoms with Crippen LogP contribution in [0, 0.1) is 5.41 Å². The Balaban J connectivity index is 0. The molecule has 0 bridgehead atoms. The Bertz CT molecular complexity index is 215. The molecule has 5 N–H and O–H groups in total. The fourth-order valence-corrected chi connectivity index (χ4v) is 1.04. The third-order valence-electron chi connectivity index (χ3n) is 2.79. The lowest BCUT2D eigenvalue weighted by molar-refractivity contribution is -0.139. The van der Waals surface area contributed by atoms with E-state index in [2.05, 4.69) is 0 Å². The molecule has 0 spiro atoms. The zero-order valence-electron chi connectivity index (χ0n) is 11.2. The van der Waals surface area contributed by atoms with Crippen molar-refractivity contribution in [3.8, 4) is 0 Å². The van der Waals surface area contributed by atoms with Gasteiger partial charge in [0.05, 0.1) is 19.8 Å². The predicted molar refractivity (Wildman–Crippen MR) is 67.7 cm³/mol. The predicted octanol–water partition coefficient (Wildman–Crippen LogP) is 0.0757. The third-order valence-corrected chi connectivity index (χ3v) is 2.79. The molecule has 114 valence electrons. The Labute approximate surface area is 112 Å². The summed E-state index contributed by atoms with van der Waals surface area (Å²) in [6.07, 6.45) is 1.61. The monoisotopic (exact) mass is 280 g/mol. The Kier molecular flexibility index (Phi) is 12.6. The lowest BCUT2D eigenvalue weighted by Gasteiger charge is -2.24. The molecule has 0 aromatic heterocycles. The van der Waals surface area contributed by atoms with Gasteiger partial charge in [-0.1, -0.05) is 6.92 Å². The van der Waals surface area contributed by atoms with Crippen molar-refractivity contribution in [2.24, 2.45) is 5.41 Å². The number of carbonyl (C=O) groups is 2. The van der Waals surface area contributed by atoms with Crippen LogP contribution in [0.25, 0.3) is 0 Å². The number of carboxylic acid groups (broad SMARTS) is 2. The highest BCUT2D eigenvalue weighted by atomic mass is 16.4. The molecule has 0 saturated heterocycles. The van der Waals surface area contributed by atoms with Gasteiger partial charge in [0.15, 0.2) is 0 Å². The van der Waals surface area contributed by atoms with Gasteiger partial charge in [0.2, 0.25) is 0 Å². The second-order valence-electron chi connectivity index (χ2n) is 4.32. The quantitative estimate of drug-likeness (QED) is 0.377. The van der Waals surface area contributed by atoms with Gasteiger partial charge in [-0.15, -0.1) is 0 Å². The topological polar surface area (TPSA) is 135 Å². The van der Waals surface area contributed by atoms with Crippen molar-refractivity contribution in [3.63, 3.8) is 0 Å². The molecule has 0 amide bonds. The third kappa shape index (κ3) is 11.6.